The number of hydrogen-bond acceptors (Lipinski definition) is 2. The first kappa shape index (κ1) is 16.1. The second-order valence-corrected chi connectivity index (χ2v) is 6.62. The van der Waals surface area contributed by atoms with Crippen molar-refractivity contribution in [2.24, 2.45) is 5.92 Å². The fourth-order valence-electron chi connectivity index (χ4n) is 3.71. The van der Waals surface area contributed by atoms with Gasteiger partial charge in [0.1, 0.15) is 0 Å². The Balaban J connectivity index is 2.03. The summed E-state index contributed by atoms with van der Waals surface area (Å²) in [5.41, 5.74) is -0.00475. The molecule has 2 rings (SSSR count). The molecule has 1 spiro atoms. The molecule has 1 aliphatic carbocycles. The third-order valence-corrected chi connectivity index (χ3v) is 5.31. The Morgan fingerprint density at radius 1 is 1.30 bits per heavy atom. The molecule has 1 aliphatic heterocycles. The van der Waals surface area contributed by atoms with Gasteiger partial charge in [-0.2, -0.15) is 13.2 Å². The number of piperazine rings is 1. The summed E-state index contributed by atoms with van der Waals surface area (Å²) in [6.45, 7) is 6.13. The first-order valence-electron chi connectivity index (χ1n) is 7.91. The highest BCUT2D eigenvalue weighted by molar-refractivity contribution is 5.02. The van der Waals surface area contributed by atoms with Crippen LogP contribution in [0.4, 0.5) is 13.2 Å². The van der Waals surface area contributed by atoms with Crippen molar-refractivity contribution in [2.45, 2.75) is 70.1 Å². The molecule has 0 aromatic heterocycles. The van der Waals surface area contributed by atoms with Gasteiger partial charge in [0, 0.05) is 31.2 Å². The van der Waals surface area contributed by atoms with Crippen LogP contribution < -0.4 is 5.32 Å². The molecule has 2 nitrogen and oxygen atoms in total. The Bertz CT molecular complexity index is 311. The van der Waals surface area contributed by atoms with Gasteiger partial charge in [-0.1, -0.05) is 33.1 Å². The molecule has 2 fully saturated rings. The third-order valence-electron chi connectivity index (χ3n) is 5.31. The van der Waals surface area contributed by atoms with E-state index in [0.29, 0.717) is 12.0 Å². The number of halogens is 3. The molecule has 0 radical (unpaired) electrons. The topological polar surface area (TPSA) is 15.3 Å². The number of rotatable bonds is 4. The van der Waals surface area contributed by atoms with Gasteiger partial charge < -0.3 is 5.32 Å². The second-order valence-electron chi connectivity index (χ2n) is 6.62. The highest BCUT2D eigenvalue weighted by Gasteiger charge is 2.45. The summed E-state index contributed by atoms with van der Waals surface area (Å²) in [7, 11) is 0. The van der Waals surface area contributed by atoms with Crippen molar-refractivity contribution < 1.29 is 13.2 Å². The smallest absolute Gasteiger partial charge is 0.311 e. The molecule has 0 aromatic carbocycles. The summed E-state index contributed by atoms with van der Waals surface area (Å²) < 4.78 is 37.7. The first-order chi connectivity index (χ1) is 9.36. The van der Waals surface area contributed by atoms with Gasteiger partial charge in [-0.25, -0.2) is 0 Å². The van der Waals surface area contributed by atoms with Gasteiger partial charge in [0.15, 0.2) is 0 Å². The van der Waals surface area contributed by atoms with Crippen LogP contribution in [0, 0.1) is 5.92 Å². The van der Waals surface area contributed by atoms with Crippen LogP contribution in [0.5, 0.6) is 0 Å². The van der Waals surface area contributed by atoms with Gasteiger partial charge in [0.25, 0.3) is 0 Å². The molecule has 1 heterocycles. The highest BCUT2D eigenvalue weighted by atomic mass is 19.4. The van der Waals surface area contributed by atoms with E-state index in [1.165, 1.54) is 0 Å². The van der Waals surface area contributed by atoms with Crippen LogP contribution in [0.15, 0.2) is 0 Å². The molecule has 2 unspecified atom stereocenters. The van der Waals surface area contributed by atoms with Crippen LogP contribution in [0.1, 0.15) is 52.4 Å². The Morgan fingerprint density at radius 2 is 1.95 bits per heavy atom. The lowest BCUT2D eigenvalue weighted by Gasteiger charge is -2.49. The van der Waals surface area contributed by atoms with Gasteiger partial charge in [0.2, 0.25) is 0 Å². The maximum Gasteiger partial charge on any atom is 0.390 e. The summed E-state index contributed by atoms with van der Waals surface area (Å²) in [5, 5.41) is 3.61. The number of nitrogens with one attached hydrogen (secondary N) is 1. The molecule has 118 valence electrons. The zero-order chi connectivity index (χ0) is 14.8. The van der Waals surface area contributed by atoms with E-state index in [2.05, 4.69) is 24.1 Å². The van der Waals surface area contributed by atoms with E-state index >= 15 is 0 Å². The molecule has 1 saturated carbocycles. The molecule has 20 heavy (non-hydrogen) atoms. The average Bonchev–Trinajstić information content (AvgIpc) is 2.85. The first-order valence-corrected chi connectivity index (χ1v) is 7.91. The zero-order valence-corrected chi connectivity index (χ0v) is 12.6. The Morgan fingerprint density at radius 3 is 2.50 bits per heavy atom. The predicted octanol–water partition coefficient (Wildman–Crippen LogP) is 3.57. The zero-order valence-electron chi connectivity index (χ0n) is 12.6. The molecule has 2 atom stereocenters. The van der Waals surface area contributed by atoms with Crippen molar-refractivity contribution >= 4 is 0 Å². The van der Waals surface area contributed by atoms with Crippen LogP contribution in [0.25, 0.3) is 0 Å². The van der Waals surface area contributed by atoms with Crippen molar-refractivity contribution in [1.82, 2.24) is 10.2 Å². The maximum atomic E-state index is 12.6. The lowest BCUT2D eigenvalue weighted by atomic mass is 9.87. The van der Waals surface area contributed by atoms with Crippen LogP contribution in [0.2, 0.25) is 0 Å². The van der Waals surface area contributed by atoms with E-state index in [-0.39, 0.29) is 12.1 Å². The quantitative estimate of drug-likeness (QED) is 0.852. The summed E-state index contributed by atoms with van der Waals surface area (Å²) in [6, 6.07) is 0.333. The van der Waals surface area contributed by atoms with E-state index in [0.717, 1.165) is 45.2 Å². The number of alkyl halides is 3. The normalized spacial score (nSPS) is 28.9. The monoisotopic (exact) mass is 292 g/mol. The minimum Gasteiger partial charge on any atom is -0.311 e. The molecule has 0 aromatic rings. The predicted molar refractivity (Wildman–Crippen MR) is 74.7 cm³/mol. The molecule has 5 heteroatoms. The van der Waals surface area contributed by atoms with E-state index < -0.39 is 12.6 Å². The fourth-order valence-corrected chi connectivity index (χ4v) is 3.71. The molecule has 1 N–H and O–H groups in total. The van der Waals surface area contributed by atoms with Crippen molar-refractivity contribution in [3.63, 3.8) is 0 Å². The van der Waals surface area contributed by atoms with Gasteiger partial charge in [-0.15, -0.1) is 0 Å². The number of nitrogens with zero attached hydrogens (tertiary/aromatic N) is 1. The molecule has 0 bridgehead atoms. The summed E-state index contributed by atoms with van der Waals surface area (Å²) in [5.74, 6) is 0.516. The average molecular weight is 292 g/mol. The third kappa shape index (κ3) is 3.67. The van der Waals surface area contributed by atoms with Gasteiger partial charge in [-0.05, 0) is 18.8 Å². The van der Waals surface area contributed by atoms with Crippen molar-refractivity contribution in [1.29, 1.82) is 0 Å². The fraction of sp³-hybridized carbons (Fsp3) is 1.00. The largest absolute Gasteiger partial charge is 0.390 e. The van der Waals surface area contributed by atoms with Gasteiger partial charge >= 0.3 is 6.18 Å². The lowest BCUT2D eigenvalue weighted by molar-refractivity contribution is -0.143. The van der Waals surface area contributed by atoms with E-state index in [9.17, 15) is 13.2 Å². The molecular weight excluding hydrogens is 265 g/mol. The van der Waals surface area contributed by atoms with Crippen LogP contribution >= 0.6 is 0 Å². The Hall–Kier alpha value is -0.290. The molecule has 0 amide bonds. The summed E-state index contributed by atoms with van der Waals surface area (Å²) >= 11 is 0. The van der Waals surface area contributed by atoms with Crippen molar-refractivity contribution in [2.75, 3.05) is 19.6 Å². The van der Waals surface area contributed by atoms with Crippen LogP contribution in [-0.4, -0.2) is 42.3 Å². The van der Waals surface area contributed by atoms with Gasteiger partial charge in [0.05, 0.1) is 6.42 Å². The Kier molecular flexibility index (Phi) is 5.00. The molecule has 1 saturated heterocycles. The number of hydrogen-bond donors (Lipinski definition) is 1. The summed E-state index contributed by atoms with van der Waals surface area (Å²) in [6.07, 6.45) is 0.739. The van der Waals surface area contributed by atoms with E-state index in [1.807, 2.05) is 0 Å². The minimum absolute atomic E-state index is 0.00475. The van der Waals surface area contributed by atoms with Crippen LogP contribution in [0.3, 0.4) is 0 Å². The standard InChI is InChI=1S/C15H27F3N2/c1-3-12(2)13-10-20(9-8-15(16,17)18)14(11-19-13)6-4-5-7-14/h12-13,19H,3-11H2,1-2H3. The second kappa shape index (κ2) is 6.22. The van der Waals surface area contributed by atoms with Crippen molar-refractivity contribution in [3.8, 4) is 0 Å². The van der Waals surface area contributed by atoms with Crippen molar-refractivity contribution in [3.05, 3.63) is 0 Å². The summed E-state index contributed by atoms with van der Waals surface area (Å²) in [4.78, 5) is 2.15. The minimum atomic E-state index is -4.05. The highest BCUT2D eigenvalue weighted by Crippen LogP contribution is 2.38. The Labute approximate surface area is 120 Å². The lowest BCUT2D eigenvalue weighted by Crippen LogP contribution is -2.65. The van der Waals surface area contributed by atoms with Gasteiger partial charge in [-0.3, -0.25) is 4.90 Å². The van der Waals surface area contributed by atoms with Crippen LogP contribution in [-0.2, 0) is 0 Å². The van der Waals surface area contributed by atoms with E-state index in [1.54, 1.807) is 0 Å². The maximum absolute atomic E-state index is 12.6. The van der Waals surface area contributed by atoms with E-state index in [4.69, 9.17) is 0 Å². The SMILES string of the molecule is CCC(C)C1CN(CCC(F)(F)F)C2(CCCC2)CN1. The molecule has 2 aliphatic rings. The molecular formula is C15H27F3N2.